The third kappa shape index (κ3) is 5.10. The number of aliphatic hydroxyl groups excluding tert-OH is 1. The lowest BCUT2D eigenvalue weighted by Crippen LogP contribution is -2.21. The Balaban J connectivity index is 1.63. The number of fused-ring (bicyclic) bond motifs is 1. The molecule has 11 heteroatoms. The highest BCUT2D eigenvalue weighted by molar-refractivity contribution is 6.04. The standard InChI is InChI=1S/C25H21F2N3O6/c1-13-7-20(32)16(12-29-13)25(33)30-14-8-17(26)24(18(27)9-14)36-21-3-4-28-19-11-23(35-6-5-31)22(34-2)10-15(19)21/h3-4,7-12,31H,5-6H2,1-2H3,(H,29,32)(H,30,33). The van der Waals surface area contributed by atoms with E-state index in [1.54, 1.807) is 13.0 Å². The summed E-state index contributed by atoms with van der Waals surface area (Å²) in [5.41, 5.74) is 0.0182. The van der Waals surface area contributed by atoms with Crippen LogP contribution in [-0.2, 0) is 0 Å². The average Bonchev–Trinajstić information content (AvgIpc) is 2.84. The zero-order valence-corrected chi connectivity index (χ0v) is 19.2. The van der Waals surface area contributed by atoms with Gasteiger partial charge in [0.25, 0.3) is 5.91 Å². The Morgan fingerprint density at radius 1 is 1.11 bits per heavy atom. The van der Waals surface area contributed by atoms with Crippen molar-refractivity contribution in [3.63, 3.8) is 0 Å². The predicted molar refractivity (Wildman–Crippen MR) is 127 cm³/mol. The number of rotatable bonds is 8. The molecule has 0 fully saturated rings. The van der Waals surface area contributed by atoms with E-state index >= 15 is 0 Å². The molecule has 1 amide bonds. The molecule has 0 atom stereocenters. The van der Waals surface area contributed by atoms with Crippen LogP contribution in [0.2, 0.25) is 0 Å². The van der Waals surface area contributed by atoms with Gasteiger partial charge in [0.2, 0.25) is 0 Å². The van der Waals surface area contributed by atoms with Crippen LogP contribution in [0.5, 0.6) is 23.0 Å². The third-order valence-corrected chi connectivity index (χ3v) is 5.11. The number of nitrogens with zero attached hydrogens (tertiary/aromatic N) is 1. The number of aliphatic hydroxyl groups is 1. The third-order valence-electron chi connectivity index (χ3n) is 5.11. The van der Waals surface area contributed by atoms with Crippen LogP contribution in [0.25, 0.3) is 10.9 Å². The highest BCUT2D eigenvalue weighted by Gasteiger charge is 2.19. The first kappa shape index (κ1) is 24.6. The van der Waals surface area contributed by atoms with Gasteiger partial charge in [-0.2, -0.15) is 0 Å². The second-order valence-corrected chi connectivity index (χ2v) is 7.62. The van der Waals surface area contributed by atoms with Crippen molar-refractivity contribution < 1.29 is 32.9 Å². The number of H-pyrrole nitrogens is 1. The minimum absolute atomic E-state index is 0.0374. The van der Waals surface area contributed by atoms with Crippen LogP contribution in [0.4, 0.5) is 14.5 Å². The number of amides is 1. The van der Waals surface area contributed by atoms with E-state index in [1.807, 2.05) is 0 Å². The summed E-state index contributed by atoms with van der Waals surface area (Å²) >= 11 is 0. The Kier molecular flexibility index (Phi) is 7.11. The molecular weight excluding hydrogens is 476 g/mol. The van der Waals surface area contributed by atoms with Crippen molar-refractivity contribution in [2.75, 3.05) is 25.6 Å². The number of methoxy groups -OCH3 is 1. The summed E-state index contributed by atoms with van der Waals surface area (Å²) in [7, 11) is 1.42. The number of pyridine rings is 2. The average molecular weight is 497 g/mol. The van der Waals surface area contributed by atoms with E-state index in [9.17, 15) is 18.4 Å². The summed E-state index contributed by atoms with van der Waals surface area (Å²) in [6.07, 6.45) is 2.61. The van der Waals surface area contributed by atoms with E-state index < -0.39 is 28.7 Å². The number of carbonyl (C=O) groups excluding carboxylic acids is 1. The van der Waals surface area contributed by atoms with Crippen molar-refractivity contribution in [2.24, 2.45) is 0 Å². The van der Waals surface area contributed by atoms with Crippen molar-refractivity contribution in [3.8, 4) is 23.0 Å². The second-order valence-electron chi connectivity index (χ2n) is 7.62. The molecule has 0 saturated heterocycles. The van der Waals surface area contributed by atoms with Gasteiger partial charge in [-0.3, -0.25) is 14.6 Å². The number of aryl methyl sites for hydroxylation is 1. The molecular formula is C25H21F2N3O6. The Morgan fingerprint density at radius 3 is 2.53 bits per heavy atom. The van der Waals surface area contributed by atoms with E-state index in [0.29, 0.717) is 28.1 Å². The van der Waals surface area contributed by atoms with Gasteiger partial charge in [0.15, 0.2) is 34.3 Å². The van der Waals surface area contributed by atoms with Crippen LogP contribution in [0, 0.1) is 18.6 Å². The van der Waals surface area contributed by atoms with E-state index in [-0.39, 0.29) is 30.2 Å². The van der Waals surface area contributed by atoms with Crippen molar-refractivity contribution in [3.05, 3.63) is 81.9 Å². The molecule has 3 N–H and O–H groups in total. The largest absolute Gasteiger partial charge is 0.493 e. The van der Waals surface area contributed by atoms with Crippen LogP contribution in [0.3, 0.4) is 0 Å². The summed E-state index contributed by atoms with van der Waals surface area (Å²) in [6, 6.07) is 7.51. The molecule has 4 rings (SSSR count). The van der Waals surface area contributed by atoms with Gasteiger partial charge in [0.05, 0.1) is 19.2 Å². The number of nitrogens with one attached hydrogen (secondary N) is 2. The first-order valence-corrected chi connectivity index (χ1v) is 10.7. The number of hydrogen-bond acceptors (Lipinski definition) is 7. The molecule has 36 heavy (non-hydrogen) atoms. The molecule has 2 heterocycles. The monoisotopic (exact) mass is 497 g/mol. The number of benzene rings is 2. The lowest BCUT2D eigenvalue weighted by atomic mass is 10.1. The second kappa shape index (κ2) is 10.4. The zero-order chi connectivity index (χ0) is 25.8. The molecule has 9 nitrogen and oxygen atoms in total. The smallest absolute Gasteiger partial charge is 0.261 e. The maximum absolute atomic E-state index is 14.9. The lowest BCUT2D eigenvalue weighted by Gasteiger charge is -2.14. The van der Waals surface area contributed by atoms with Gasteiger partial charge >= 0.3 is 0 Å². The van der Waals surface area contributed by atoms with E-state index in [0.717, 1.165) is 12.1 Å². The molecule has 0 aliphatic rings. The van der Waals surface area contributed by atoms with Crippen molar-refractivity contribution in [2.45, 2.75) is 6.92 Å². The molecule has 4 aromatic rings. The molecule has 186 valence electrons. The minimum atomic E-state index is -1.08. The van der Waals surface area contributed by atoms with Crippen LogP contribution < -0.4 is 25.0 Å². The fourth-order valence-electron chi connectivity index (χ4n) is 3.43. The maximum Gasteiger partial charge on any atom is 0.261 e. The number of anilines is 1. The number of hydrogen-bond donors (Lipinski definition) is 3. The Hall–Kier alpha value is -4.51. The molecule has 0 aliphatic heterocycles. The molecule has 0 spiro atoms. The first-order valence-electron chi connectivity index (χ1n) is 10.7. The Bertz CT molecular complexity index is 1480. The van der Waals surface area contributed by atoms with Gasteiger partial charge in [-0.1, -0.05) is 0 Å². The number of halogens is 2. The van der Waals surface area contributed by atoms with Gasteiger partial charge < -0.3 is 29.6 Å². The summed E-state index contributed by atoms with van der Waals surface area (Å²) in [6.45, 7) is 1.49. The predicted octanol–water partition coefficient (Wildman–Crippen LogP) is 3.93. The van der Waals surface area contributed by atoms with Gasteiger partial charge in [0, 0.05) is 53.4 Å². The van der Waals surface area contributed by atoms with Gasteiger partial charge in [-0.25, -0.2) is 8.78 Å². The van der Waals surface area contributed by atoms with Crippen molar-refractivity contribution in [1.82, 2.24) is 9.97 Å². The van der Waals surface area contributed by atoms with E-state index in [2.05, 4.69) is 15.3 Å². The van der Waals surface area contributed by atoms with Crippen LogP contribution in [-0.4, -0.2) is 41.3 Å². The first-order chi connectivity index (χ1) is 17.3. The molecule has 0 saturated carbocycles. The SMILES string of the molecule is COc1cc2c(Oc3c(F)cc(NC(=O)c4c[nH]c(C)cc4=O)cc3F)ccnc2cc1OCCO. The van der Waals surface area contributed by atoms with Crippen molar-refractivity contribution in [1.29, 1.82) is 0 Å². The molecule has 0 bridgehead atoms. The minimum Gasteiger partial charge on any atom is -0.493 e. The zero-order valence-electron chi connectivity index (χ0n) is 19.2. The fraction of sp³-hybridized carbons (Fsp3) is 0.160. The highest BCUT2D eigenvalue weighted by Crippen LogP contribution is 2.38. The number of ether oxygens (including phenoxy) is 3. The highest BCUT2D eigenvalue weighted by atomic mass is 19.1. The Labute approximate surface area is 203 Å². The molecule has 2 aromatic carbocycles. The summed E-state index contributed by atoms with van der Waals surface area (Å²) in [5.74, 6) is -2.96. The van der Waals surface area contributed by atoms with Crippen LogP contribution in [0.15, 0.2) is 53.6 Å². The molecule has 2 aromatic heterocycles. The van der Waals surface area contributed by atoms with Gasteiger partial charge in [0.1, 0.15) is 17.9 Å². The number of aromatic nitrogens is 2. The number of carbonyl (C=O) groups is 1. The quantitative estimate of drug-likeness (QED) is 0.337. The van der Waals surface area contributed by atoms with E-state index in [1.165, 1.54) is 37.7 Å². The topological polar surface area (TPSA) is 123 Å². The van der Waals surface area contributed by atoms with Crippen LogP contribution >= 0.6 is 0 Å². The summed E-state index contributed by atoms with van der Waals surface area (Å²) in [5, 5.41) is 11.7. The van der Waals surface area contributed by atoms with Crippen molar-refractivity contribution >= 4 is 22.5 Å². The molecule has 0 radical (unpaired) electrons. The summed E-state index contributed by atoms with van der Waals surface area (Å²) in [4.78, 5) is 31.4. The van der Waals surface area contributed by atoms with E-state index in [4.69, 9.17) is 19.3 Å². The fourth-order valence-corrected chi connectivity index (χ4v) is 3.43. The lowest BCUT2D eigenvalue weighted by molar-refractivity contribution is 0.102. The Morgan fingerprint density at radius 2 is 1.86 bits per heavy atom. The van der Waals surface area contributed by atoms with Gasteiger partial charge in [-0.15, -0.1) is 0 Å². The molecule has 0 aliphatic carbocycles. The maximum atomic E-state index is 14.9. The van der Waals surface area contributed by atoms with Gasteiger partial charge in [-0.05, 0) is 19.1 Å². The number of aromatic amines is 1. The normalized spacial score (nSPS) is 10.8. The molecule has 0 unspecified atom stereocenters. The van der Waals surface area contributed by atoms with Crippen LogP contribution in [0.1, 0.15) is 16.1 Å². The summed E-state index contributed by atoms with van der Waals surface area (Å²) < 4.78 is 46.0.